The summed E-state index contributed by atoms with van der Waals surface area (Å²) in [6, 6.07) is 9.14. The lowest BCUT2D eigenvalue weighted by Gasteiger charge is -2.17. The summed E-state index contributed by atoms with van der Waals surface area (Å²) in [6.07, 6.45) is 10.9. The Hall–Kier alpha value is -2.22. The predicted molar refractivity (Wildman–Crippen MR) is 80.7 cm³/mol. The van der Waals surface area contributed by atoms with E-state index < -0.39 is 0 Å². The Labute approximate surface area is 123 Å². The second kappa shape index (κ2) is 4.66. The van der Waals surface area contributed by atoms with Gasteiger partial charge in [0.05, 0.1) is 0 Å². The molecule has 1 saturated carbocycles. The van der Waals surface area contributed by atoms with Gasteiger partial charge in [0.1, 0.15) is 0 Å². The first-order valence-corrected chi connectivity index (χ1v) is 7.46. The van der Waals surface area contributed by atoms with Crippen LogP contribution >= 0.6 is 0 Å². The molecule has 0 radical (unpaired) electrons. The number of fused-ring (bicyclic) bond motifs is 5. The minimum atomic E-state index is -0.0533. The van der Waals surface area contributed by atoms with Crippen LogP contribution in [0.1, 0.15) is 16.8 Å². The summed E-state index contributed by atoms with van der Waals surface area (Å²) in [5.74, 6) is 1.60. The lowest BCUT2D eigenvalue weighted by Crippen LogP contribution is -2.20. The average molecular weight is 276 g/mol. The Morgan fingerprint density at radius 1 is 1.10 bits per heavy atom. The molecule has 1 aromatic rings. The average Bonchev–Trinajstić information content (AvgIpc) is 3.19. The van der Waals surface area contributed by atoms with E-state index in [0.29, 0.717) is 28.9 Å². The molecule has 2 heteroatoms. The van der Waals surface area contributed by atoms with Crippen molar-refractivity contribution >= 4 is 11.6 Å². The highest BCUT2D eigenvalue weighted by atomic mass is 16.1. The van der Waals surface area contributed by atoms with E-state index in [1.165, 1.54) is 6.08 Å². The van der Waals surface area contributed by atoms with Crippen LogP contribution in [-0.4, -0.2) is 11.6 Å². The van der Waals surface area contributed by atoms with E-state index in [0.717, 1.165) is 6.42 Å². The van der Waals surface area contributed by atoms with Crippen LogP contribution in [0.15, 0.2) is 66.3 Å². The third-order valence-electron chi connectivity index (χ3n) is 4.95. The molecule has 1 aromatic carbocycles. The molecule has 2 nitrogen and oxygen atoms in total. The zero-order chi connectivity index (χ0) is 14.4. The summed E-state index contributed by atoms with van der Waals surface area (Å²) in [4.78, 5) is 24.5. The van der Waals surface area contributed by atoms with Gasteiger partial charge in [0.15, 0.2) is 11.6 Å². The largest absolute Gasteiger partial charge is 0.294 e. The maximum absolute atomic E-state index is 12.5. The number of hydrogen-bond acceptors (Lipinski definition) is 2. The van der Waals surface area contributed by atoms with Crippen molar-refractivity contribution in [2.75, 3.05) is 0 Å². The normalized spacial score (nSPS) is 32.8. The molecule has 0 N–H and O–H groups in total. The second-order valence-corrected chi connectivity index (χ2v) is 6.10. The molecule has 1 fully saturated rings. The molecule has 0 heterocycles. The lowest BCUT2D eigenvalue weighted by atomic mass is 9.85. The number of allylic oxidation sites excluding steroid dienone is 6. The molecule has 104 valence electrons. The summed E-state index contributed by atoms with van der Waals surface area (Å²) >= 11 is 0. The third-order valence-corrected chi connectivity index (χ3v) is 4.95. The SMILES string of the molecule is O=C(/C=C/C1=CC2C3C=CC(C3)C2C1=O)c1ccccc1. The topological polar surface area (TPSA) is 34.1 Å². The highest BCUT2D eigenvalue weighted by Crippen LogP contribution is 2.53. The number of hydrogen-bond donors (Lipinski definition) is 0. The molecule has 4 atom stereocenters. The second-order valence-electron chi connectivity index (χ2n) is 6.10. The molecule has 0 aliphatic heterocycles. The molecule has 21 heavy (non-hydrogen) atoms. The monoisotopic (exact) mass is 276 g/mol. The highest BCUT2D eigenvalue weighted by Gasteiger charge is 2.50. The van der Waals surface area contributed by atoms with Crippen molar-refractivity contribution in [1.29, 1.82) is 0 Å². The molecule has 0 amide bonds. The Kier molecular flexibility index (Phi) is 2.78. The summed E-state index contributed by atoms with van der Waals surface area (Å²) in [5, 5.41) is 0. The van der Waals surface area contributed by atoms with Gasteiger partial charge in [0.2, 0.25) is 0 Å². The van der Waals surface area contributed by atoms with Gasteiger partial charge in [-0.1, -0.05) is 48.6 Å². The van der Waals surface area contributed by atoms with Crippen LogP contribution in [-0.2, 0) is 4.79 Å². The van der Waals surface area contributed by atoms with Gasteiger partial charge in [-0.2, -0.15) is 0 Å². The maximum atomic E-state index is 12.5. The zero-order valence-electron chi connectivity index (χ0n) is 11.6. The summed E-state index contributed by atoms with van der Waals surface area (Å²) in [5.41, 5.74) is 1.37. The molecule has 3 aliphatic carbocycles. The maximum Gasteiger partial charge on any atom is 0.185 e. The minimum absolute atomic E-state index is 0.0533. The molecule has 3 aliphatic rings. The Balaban J connectivity index is 1.54. The van der Waals surface area contributed by atoms with Crippen molar-refractivity contribution in [3.63, 3.8) is 0 Å². The first-order valence-electron chi connectivity index (χ1n) is 7.46. The molecule has 0 saturated heterocycles. The van der Waals surface area contributed by atoms with Crippen molar-refractivity contribution in [2.45, 2.75) is 6.42 Å². The van der Waals surface area contributed by atoms with Crippen molar-refractivity contribution in [3.05, 3.63) is 71.8 Å². The Bertz CT molecular complexity index is 694. The van der Waals surface area contributed by atoms with Crippen LogP contribution in [0.4, 0.5) is 0 Å². The fraction of sp³-hybridized carbons (Fsp3) is 0.263. The van der Waals surface area contributed by atoms with Crippen molar-refractivity contribution < 1.29 is 9.59 Å². The first-order chi connectivity index (χ1) is 10.2. The van der Waals surface area contributed by atoms with Crippen LogP contribution in [0.5, 0.6) is 0 Å². The Morgan fingerprint density at radius 2 is 1.86 bits per heavy atom. The summed E-state index contributed by atoms with van der Waals surface area (Å²) in [6.45, 7) is 0. The summed E-state index contributed by atoms with van der Waals surface area (Å²) < 4.78 is 0. The van der Waals surface area contributed by atoms with Crippen molar-refractivity contribution in [3.8, 4) is 0 Å². The van der Waals surface area contributed by atoms with Crippen LogP contribution in [0.2, 0.25) is 0 Å². The number of benzene rings is 1. The van der Waals surface area contributed by atoms with E-state index >= 15 is 0 Å². The number of carbonyl (C=O) groups is 2. The van der Waals surface area contributed by atoms with Gasteiger partial charge in [-0.25, -0.2) is 0 Å². The molecule has 4 unspecified atom stereocenters. The number of rotatable bonds is 3. The summed E-state index contributed by atoms with van der Waals surface area (Å²) in [7, 11) is 0. The van der Waals surface area contributed by atoms with Gasteiger partial charge in [-0.3, -0.25) is 9.59 Å². The number of Topliss-reactive ketones (excluding diaryl/α,β-unsaturated/α-hetero) is 1. The molecule has 0 spiro atoms. The standard InChI is InChI=1S/C19H16O2/c20-17(12-4-2-1-3-5-12)9-8-15-11-16-13-6-7-14(10-13)18(16)19(15)21/h1-9,11,13-14,16,18H,10H2/b9-8+. The minimum Gasteiger partial charge on any atom is -0.294 e. The lowest BCUT2D eigenvalue weighted by molar-refractivity contribution is -0.119. The van der Waals surface area contributed by atoms with Gasteiger partial charge in [0, 0.05) is 17.1 Å². The Morgan fingerprint density at radius 3 is 2.62 bits per heavy atom. The number of carbonyl (C=O) groups excluding carboxylic acids is 2. The van der Waals surface area contributed by atoms with E-state index in [-0.39, 0.29) is 17.5 Å². The van der Waals surface area contributed by atoms with Gasteiger partial charge < -0.3 is 0 Å². The van der Waals surface area contributed by atoms with Crippen LogP contribution in [0.25, 0.3) is 0 Å². The van der Waals surface area contributed by atoms with E-state index in [1.807, 2.05) is 18.2 Å². The van der Waals surface area contributed by atoms with Gasteiger partial charge in [-0.15, -0.1) is 0 Å². The predicted octanol–water partition coefficient (Wildman–Crippen LogP) is 3.37. The molecule has 2 bridgehead atoms. The number of ketones is 2. The van der Waals surface area contributed by atoms with Gasteiger partial charge >= 0.3 is 0 Å². The van der Waals surface area contributed by atoms with Crippen LogP contribution in [0.3, 0.4) is 0 Å². The van der Waals surface area contributed by atoms with E-state index in [1.54, 1.807) is 18.2 Å². The quantitative estimate of drug-likeness (QED) is 0.482. The van der Waals surface area contributed by atoms with Gasteiger partial charge in [-0.05, 0) is 36.3 Å². The fourth-order valence-corrected chi connectivity index (χ4v) is 3.94. The highest BCUT2D eigenvalue weighted by molar-refractivity contribution is 6.08. The van der Waals surface area contributed by atoms with E-state index in [2.05, 4.69) is 18.2 Å². The van der Waals surface area contributed by atoms with Gasteiger partial charge in [0.25, 0.3) is 0 Å². The molecule has 0 aromatic heterocycles. The molecular formula is C19H16O2. The van der Waals surface area contributed by atoms with E-state index in [9.17, 15) is 9.59 Å². The smallest absolute Gasteiger partial charge is 0.185 e. The molecule has 4 rings (SSSR count). The zero-order valence-corrected chi connectivity index (χ0v) is 11.6. The third kappa shape index (κ3) is 1.94. The van der Waals surface area contributed by atoms with Crippen molar-refractivity contribution in [1.82, 2.24) is 0 Å². The molecular weight excluding hydrogens is 260 g/mol. The van der Waals surface area contributed by atoms with Crippen molar-refractivity contribution in [2.24, 2.45) is 23.7 Å². The van der Waals surface area contributed by atoms with Crippen LogP contribution < -0.4 is 0 Å². The fourth-order valence-electron chi connectivity index (χ4n) is 3.94. The first kappa shape index (κ1) is 12.5. The van der Waals surface area contributed by atoms with E-state index in [4.69, 9.17) is 0 Å². The van der Waals surface area contributed by atoms with Crippen LogP contribution in [0, 0.1) is 23.7 Å².